The number of anilines is 2. The van der Waals surface area contributed by atoms with Crippen LogP contribution in [0, 0.1) is 18.8 Å². The van der Waals surface area contributed by atoms with E-state index in [0.717, 1.165) is 80.9 Å². The van der Waals surface area contributed by atoms with Gasteiger partial charge in [-0.3, -0.25) is 29.0 Å². The number of aromatic hydroxyl groups is 1. The van der Waals surface area contributed by atoms with E-state index in [4.69, 9.17) is 9.05 Å². The van der Waals surface area contributed by atoms with Gasteiger partial charge in [0.05, 0.1) is 23.2 Å². The van der Waals surface area contributed by atoms with Gasteiger partial charge in [0.15, 0.2) is 0 Å². The fraction of sp³-hybridized carbons (Fsp3) is 0.283. The smallest absolute Gasteiger partial charge is 0.299 e. The van der Waals surface area contributed by atoms with Crippen LogP contribution in [0.4, 0.5) is 11.4 Å². The van der Waals surface area contributed by atoms with Gasteiger partial charge in [-0.25, -0.2) is 0 Å². The molecule has 0 spiro atoms. The molecule has 4 fully saturated rings. The quantitative estimate of drug-likeness (QED) is 0.0750. The summed E-state index contributed by atoms with van der Waals surface area (Å²) in [5.41, 5.74) is 6.69. The number of aromatic nitrogens is 2. The van der Waals surface area contributed by atoms with Crippen LogP contribution in [-0.2, 0) is 19.2 Å². The summed E-state index contributed by atoms with van der Waals surface area (Å²) in [6.07, 6.45) is 13.0. The number of hydrogen-bond donors (Lipinski definition) is 3. The van der Waals surface area contributed by atoms with Gasteiger partial charge in [0.2, 0.25) is 0 Å². The first-order valence-electron chi connectivity index (χ1n) is 22.6. The lowest BCUT2D eigenvalue weighted by molar-refractivity contribution is -0.132. The Bertz CT molecular complexity index is 2570. The molecule has 4 aliphatic rings. The first kappa shape index (κ1) is 43.7. The molecule has 2 aromatic heterocycles. The molecule has 0 bridgehead atoms. The molecule has 6 aromatic rings. The van der Waals surface area contributed by atoms with Gasteiger partial charge in [-0.2, -0.15) is 0 Å². The number of ketones is 2. The Labute approximate surface area is 381 Å². The van der Waals surface area contributed by atoms with Crippen LogP contribution in [0.2, 0.25) is 0 Å². The third-order valence-electron chi connectivity index (χ3n) is 13.4. The first-order chi connectivity index (χ1) is 32.1. The molecule has 66 heavy (non-hydrogen) atoms. The van der Waals surface area contributed by atoms with Crippen LogP contribution in [0.5, 0.6) is 5.75 Å². The monoisotopic (exact) mass is 886 g/mol. The summed E-state index contributed by atoms with van der Waals surface area (Å²) in [5.74, 6) is -2.58. The third-order valence-corrected chi connectivity index (χ3v) is 13.4. The van der Waals surface area contributed by atoms with Crippen molar-refractivity contribution >= 4 is 46.3 Å². The number of aliphatic hydroxyl groups excluding tert-OH is 2. The van der Waals surface area contributed by atoms with Crippen molar-refractivity contribution < 1.29 is 43.5 Å². The molecule has 2 aliphatic heterocycles. The lowest BCUT2D eigenvalue weighted by Crippen LogP contribution is -2.40. The largest absolute Gasteiger partial charge is 0.508 e. The number of nitrogens with zero attached hydrogens (tertiary/aromatic N) is 4. The molecule has 0 radical (unpaired) electrons. The molecule has 4 heterocycles. The highest BCUT2D eigenvalue weighted by molar-refractivity contribution is 6.52. The Morgan fingerprint density at radius 1 is 0.515 bits per heavy atom. The van der Waals surface area contributed by atoms with E-state index in [9.17, 15) is 34.5 Å². The maximum absolute atomic E-state index is 13.3. The summed E-state index contributed by atoms with van der Waals surface area (Å²) in [7, 11) is 0. The van der Waals surface area contributed by atoms with Crippen molar-refractivity contribution in [3.63, 3.8) is 0 Å². The van der Waals surface area contributed by atoms with E-state index in [-0.39, 0.29) is 40.2 Å². The van der Waals surface area contributed by atoms with Crippen molar-refractivity contribution in [3.05, 3.63) is 150 Å². The van der Waals surface area contributed by atoms with Gasteiger partial charge in [0.25, 0.3) is 23.4 Å². The van der Waals surface area contributed by atoms with Gasteiger partial charge >= 0.3 is 0 Å². The molecule has 2 atom stereocenters. The predicted octanol–water partition coefficient (Wildman–Crippen LogP) is 10.4. The number of hydrogen-bond acceptors (Lipinski definition) is 11. The second kappa shape index (κ2) is 18.9. The molecule has 2 aliphatic carbocycles. The van der Waals surface area contributed by atoms with Crippen molar-refractivity contribution in [1.82, 2.24) is 10.3 Å². The average Bonchev–Trinajstić information content (AvgIpc) is 4.19. The molecule has 2 saturated heterocycles. The summed E-state index contributed by atoms with van der Waals surface area (Å²) in [5, 5.41) is 39.8. The number of carbonyl (C=O) groups excluding carboxylic acids is 4. The highest BCUT2D eigenvalue weighted by atomic mass is 16.5. The minimum atomic E-state index is -0.684. The topological polar surface area (TPSA) is 188 Å². The zero-order chi connectivity index (χ0) is 45.9. The number of Topliss-reactive ketones (excluding diaryl/α,β-unsaturated/α-hetero) is 2. The Balaban J connectivity index is 0.000000166. The minimum Gasteiger partial charge on any atom is -0.508 e. The fourth-order valence-electron chi connectivity index (χ4n) is 10.0. The van der Waals surface area contributed by atoms with Crippen LogP contribution in [0.3, 0.4) is 0 Å². The summed E-state index contributed by atoms with van der Waals surface area (Å²) < 4.78 is 9.83. The molecule has 13 nitrogen and oxygen atoms in total. The molecule has 2 amide bonds. The molecule has 10 rings (SSSR count). The predicted molar refractivity (Wildman–Crippen MR) is 248 cm³/mol. The Hall–Kier alpha value is -7.54. The maximum atomic E-state index is 13.3. The van der Waals surface area contributed by atoms with Crippen LogP contribution in [0.1, 0.15) is 80.9 Å². The number of benzene rings is 4. The number of aliphatic hydroxyl groups is 2. The SMILES string of the molecule is Cc1ccc(C(O)=C2C(=O)C(=O)N(c3ccc(-c4ccon4)cc3)C2C2CCCCC2)cc1.O=C1C(=O)N(c2ccc(-c3ccon3)cc2)C(C2CCCCC2)C1=C(O)c1ccc(O)cc1. The van der Waals surface area contributed by atoms with Gasteiger partial charge in [-0.1, -0.05) is 103 Å². The van der Waals surface area contributed by atoms with Crippen molar-refractivity contribution in [1.29, 1.82) is 0 Å². The fourth-order valence-corrected chi connectivity index (χ4v) is 10.0. The van der Waals surface area contributed by atoms with Gasteiger partial charge in [-0.15, -0.1) is 0 Å². The van der Waals surface area contributed by atoms with Gasteiger partial charge in [-0.05, 0) is 93.0 Å². The average molecular weight is 887 g/mol. The molecule has 336 valence electrons. The normalized spacial score (nSPS) is 21.0. The first-order valence-corrected chi connectivity index (χ1v) is 22.6. The summed E-state index contributed by atoms with van der Waals surface area (Å²) in [6, 6.07) is 30.5. The molecule has 2 unspecified atom stereocenters. The lowest BCUT2D eigenvalue weighted by Gasteiger charge is -2.34. The van der Waals surface area contributed by atoms with Crippen molar-refractivity contribution in [2.24, 2.45) is 11.8 Å². The highest BCUT2D eigenvalue weighted by Crippen LogP contribution is 2.43. The number of amides is 2. The number of rotatable bonds is 8. The molecular weight excluding hydrogens is 837 g/mol. The lowest BCUT2D eigenvalue weighted by atomic mass is 9.80. The van der Waals surface area contributed by atoms with E-state index in [1.165, 1.54) is 29.6 Å². The van der Waals surface area contributed by atoms with Crippen molar-refractivity contribution in [2.75, 3.05) is 9.80 Å². The Morgan fingerprint density at radius 3 is 1.26 bits per heavy atom. The molecule has 3 N–H and O–H groups in total. The van der Waals surface area contributed by atoms with Crippen LogP contribution >= 0.6 is 0 Å². The summed E-state index contributed by atoms with van der Waals surface area (Å²) >= 11 is 0. The molecule has 13 heteroatoms. The van der Waals surface area contributed by atoms with E-state index in [0.29, 0.717) is 33.9 Å². The summed E-state index contributed by atoms with van der Waals surface area (Å²) in [6.45, 7) is 1.97. The van der Waals surface area contributed by atoms with Crippen LogP contribution in [0.25, 0.3) is 34.0 Å². The number of phenols is 1. The van der Waals surface area contributed by atoms with Gasteiger partial charge in [0.1, 0.15) is 41.2 Å². The zero-order valence-corrected chi connectivity index (χ0v) is 36.5. The standard InChI is InChI=1S/C27H26N2O4.C26H24N2O5/c1-17-7-9-20(10-8-17)25(30)23-24(19-5-3-2-4-6-19)29(27(32)26(23)31)21-13-11-18(12-14-21)22-15-16-33-28-22;29-20-12-8-18(9-13-20)24(30)22-23(17-4-2-1-3-5-17)28(26(32)25(22)31)19-10-6-16(7-11-19)21-14-15-33-27-21/h7-16,19,24,30H,2-6H2,1H3;6-15,17,23,29-30H,1-5H2. The minimum absolute atomic E-state index is 0.0584. The molecule has 4 aromatic carbocycles. The van der Waals surface area contributed by atoms with Crippen LogP contribution in [-0.4, -0.2) is 61.1 Å². The van der Waals surface area contributed by atoms with E-state index < -0.39 is 35.5 Å². The van der Waals surface area contributed by atoms with Crippen molar-refractivity contribution in [2.45, 2.75) is 83.2 Å². The van der Waals surface area contributed by atoms with Crippen molar-refractivity contribution in [3.8, 4) is 28.3 Å². The number of carbonyl (C=O) groups is 4. The number of phenolic OH excluding ortho intramolecular Hbond substituents is 1. The maximum Gasteiger partial charge on any atom is 0.299 e. The van der Waals surface area contributed by atoms with Gasteiger partial charge in [0, 0.05) is 45.8 Å². The van der Waals surface area contributed by atoms with E-state index in [1.807, 2.05) is 55.5 Å². The zero-order valence-electron chi connectivity index (χ0n) is 36.5. The van der Waals surface area contributed by atoms with Crippen LogP contribution < -0.4 is 9.80 Å². The molecular formula is C53H50N4O9. The number of aryl methyl sites for hydroxylation is 1. The van der Waals surface area contributed by atoms with E-state index in [2.05, 4.69) is 10.3 Å². The second-order valence-electron chi connectivity index (χ2n) is 17.5. The van der Waals surface area contributed by atoms with E-state index >= 15 is 0 Å². The summed E-state index contributed by atoms with van der Waals surface area (Å²) in [4.78, 5) is 56.1. The van der Waals surface area contributed by atoms with E-state index in [1.54, 1.807) is 53.4 Å². The van der Waals surface area contributed by atoms with Gasteiger partial charge < -0.3 is 24.4 Å². The third kappa shape index (κ3) is 8.56. The second-order valence-corrected chi connectivity index (χ2v) is 17.5. The Kier molecular flexibility index (Phi) is 12.5. The Morgan fingerprint density at radius 2 is 0.894 bits per heavy atom. The van der Waals surface area contributed by atoms with Crippen LogP contribution in [0.15, 0.2) is 142 Å². The molecule has 2 saturated carbocycles. The highest BCUT2D eigenvalue weighted by Gasteiger charge is 2.51.